The molecule has 1 aliphatic carbocycles. The minimum atomic E-state index is -0.894. The molecule has 88 valence electrons. The molecule has 0 radical (unpaired) electrons. The molecule has 17 heavy (non-hydrogen) atoms. The maximum Gasteiger partial charge on any atom is 0.339 e. The zero-order chi connectivity index (χ0) is 11.8. The summed E-state index contributed by atoms with van der Waals surface area (Å²) in [5.74, 6) is -0.894. The van der Waals surface area contributed by atoms with Gasteiger partial charge in [0.25, 0.3) is 0 Å². The Kier molecular flexibility index (Phi) is 2.40. The van der Waals surface area contributed by atoms with Crippen molar-refractivity contribution in [3.05, 3.63) is 22.3 Å². The molecule has 0 aromatic carbocycles. The van der Waals surface area contributed by atoms with Crippen LogP contribution in [0, 0.1) is 0 Å². The fraction of sp³-hybridized carbons (Fsp3) is 0.400. The number of nitrogens with zero attached hydrogens (tertiary/aromatic N) is 4. The summed E-state index contributed by atoms with van der Waals surface area (Å²) in [7, 11) is 0. The van der Waals surface area contributed by atoms with Gasteiger partial charge in [-0.05, 0) is 41.7 Å². The number of aryl methyl sites for hydroxylation is 1. The van der Waals surface area contributed by atoms with Gasteiger partial charge in [0.05, 0.1) is 5.56 Å². The first-order valence-electron chi connectivity index (χ1n) is 5.38. The van der Waals surface area contributed by atoms with Gasteiger partial charge >= 0.3 is 5.97 Å². The number of hydrogen-bond acceptors (Lipinski definition) is 5. The molecule has 0 unspecified atom stereocenters. The van der Waals surface area contributed by atoms with Gasteiger partial charge in [-0.1, -0.05) is 0 Å². The predicted molar refractivity (Wildman–Crippen MR) is 60.6 cm³/mol. The van der Waals surface area contributed by atoms with E-state index in [-0.39, 0.29) is 0 Å². The summed E-state index contributed by atoms with van der Waals surface area (Å²) in [6, 6.07) is 0. The quantitative estimate of drug-likeness (QED) is 0.868. The molecule has 0 amide bonds. The number of tetrazole rings is 1. The number of thiophene rings is 1. The van der Waals surface area contributed by atoms with Crippen molar-refractivity contribution >= 4 is 17.3 Å². The monoisotopic (exact) mass is 250 g/mol. The van der Waals surface area contributed by atoms with Crippen LogP contribution in [0.2, 0.25) is 0 Å². The highest BCUT2D eigenvalue weighted by atomic mass is 32.1. The van der Waals surface area contributed by atoms with Crippen molar-refractivity contribution < 1.29 is 9.90 Å². The second-order valence-electron chi connectivity index (χ2n) is 3.95. The van der Waals surface area contributed by atoms with Crippen LogP contribution >= 0.6 is 11.3 Å². The van der Waals surface area contributed by atoms with E-state index in [1.165, 1.54) is 27.2 Å². The van der Waals surface area contributed by atoms with E-state index in [2.05, 4.69) is 15.5 Å². The van der Waals surface area contributed by atoms with Crippen LogP contribution < -0.4 is 0 Å². The molecule has 1 aliphatic rings. The molecule has 7 heteroatoms. The van der Waals surface area contributed by atoms with E-state index in [4.69, 9.17) is 0 Å². The van der Waals surface area contributed by atoms with E-state index >= 15 is 0 Å². The van der Waals surface area contributed by atoms with E-state index in [1.54, 1.807) is 0 Å². The van der Waals surface area contributed by atoms with E-state index in [0.717, 1.165) is 31.2 Å². The average molecular weight is 250 g/mol. The Labute approximate surface area is 101 Å². The maximum atomic E-state index is 11.4. The SMILES string of the molecule is O=C(O)c1c(-n2cnnn2)sc2c1CCCC2. The Morgan fingerprint density at radius 3 is 2.94 bits per heavy atom. The van der Waals surface area contributed by atoms with Crippen molar-refractivity contribution in [2.24, 2.45) is 0 Å². The third-order valence-corrected chi connectivity index (χ3v) is 4.21. The van der Waals surface area contributed by atoms with Crippen LogP contribution in [0.4, 0.5) is 0 Å². The van der Waals surface area contributed by atoms with E-state index < -0.39 is 5.97 Å². The number of hydrogen-bond donors (Lipinski definition) is 1. The molecule has 0 bridgehead atoms. The zero-order valence-electron chi connectivity index (χ0n) is 8.96. The van der Waals surface area contributed by atoms with Gasteiger partial charge in [-0.3, -0.25) is 0 Å². The number of carboxylic acid groups (broad SMARTS) is 1. The van der Waals surface area contributed by atoms with Crippen molar-refractivity contribution in [3.63, 3.8) is 0 Å². The minimum Gasteiger partial charge on any atom is -0.478 e. The molecular weight excluding hydrogens is 240 g/mol. The smallest absolute Gasteiger partial charge is 0.339 e. The van der Waals surface area contributed by atoms with Crippen LogP contribution in [0.5, 0.6) is 0 Å². The molecule has 3 rings (SSSR count). The Balaban J connectivity index is 2.21. The largest absolute Gasteiger partial charge is 0.478 e. The molecule has 1 N–H and O–H groups in total. The molecular formula is C10H10N4O2S. The minimum absolute atomic E-state index is 0.372. The fourth-order valence-corrected chi connectivity index (χ4v) is 3.48. The fourth-order valence-electron chi connectivity index (χ4n) is 2.19. The lowest BCUT2D eigenvalue weighted by molar-refractivity contribution is 0.0696. The zero-order valence-corrected chi connectivity index (χ0v) is 9.77. The van der Waals surface area contributed by atoms with Gasteiger partial charge in [-0.25, -0.2) is 4.79 Å². The summed E-state index contributed by atoms with van der Waals surface area (Å²) in [4.78, 5) is 12.5. The standard InChI is InChI=1S/C10H10N4O2S/c15-10(16)8-6-3-1-2-4-7(6)17-9(8)14-5-11-12-13-14/h5H,1-4H2,(H,15,16). The summed E-state index contributed by atoms with van der Waals surface area (Å²) in [5, 5.41) is 20.8. The molecule has 0 saturated carbocycles. The molecule has 0 spiro atoms. The van der Waals surface area contributed by atoms with Crippen molar-refractivity contribution in [1.82, 2.24) is 20.2 Å². The summed E-state index contributed by atoms with van der Waals surface area (Å²) in [5.41, 5.74) is 1.34. The van der Waals surface area contributed by atoms with Crippen molar-refractivity contribution in [1.29, 1.82) is 0 Å². The summed E-state index contributed by atoms with van der Waals surface area (Å²) < 4.78 is 1.44. The second-order valence-corrected chi connectivity index (χ2v) is 5.03. The maximum absolute atomic E-state index is 11.4. The Hall–Kier alpha value is -1.76. The molecule has 0 atom stereocenters. The Morgan fingerprint density at radius 1 is 1.41 bits per heavy atom. The van der Waals surface area contributed by atoms with Gasteiger partial charge in [-0.15, -0.1) is 16.4 Å². The van der Waals surface area contributed by atoms with Crippen LogP contribution in [0.25, 0.3) is 5.00 Å². The van der Waals surface area contributed by atoms with Gasteiger partial charge in [-0.2, -0.15) is 4.68 Å². The first-order chi connectivity index (χ1) is 8.27. The van der Waals surface area contributed by atoms with E-state index in [9.17, 15) is 9.90 Å². The first kappa shape index (κ1) is 10.4. The molecule has 2 heterocycles. The molecule has 6 nitrogen and oxygen atoms in total. The van der Waals surface area contributed by atoms with Gasteiger partial charge < -0.3 is 5.11 Å². The molecule has 0 aliphatic heterocycles. The number of aromatic carboxylic acids is 1. The number of rotatable bonds is 2. The first-order valence-corrected chi connectivity index (χ1v) is 6.20. The van der Waals surface area contributed by atoms with Crippen LogP contribution in [0.15, 0.2) is 6.33 Å². The van der Waals surface area contributed by atoms with Gasteiger partial charge in [0.2, 0.25) is 0 Å². The normalized spacial score (nSPS) is 14.6. The van der Waals surface area contributed by atoms with Gasteiger partial charge in [0, 0.05) is 4.88 Å². The summed E-state index contributed by atoms with van der Waals surface area (Å²) >= 11 is 1.49. The average Bonchev–Trinajstić information content (AvgIpc) is 2.95. The number of aromatic nitrogens is 4. The van der Waals surface area contributed by atoms with Crippen molar-refractivity contribution in [2.45, 2.75) is 25.7 Å². The summed E-state index contributed by atoms with van der Waals surface area (Å²) in [6.07, 6.45) is 5.42. The third-order valence-electron chi connectivity index (χ3n) is 2.92. The lowest BCUT2D eigenvalue weighted by Crippen LogP contribution is -2.08. The predicted octanol–water partition coefficient (Wildman–Crippen LogP) is 1.30. The van der Waals surface area contributed by atoms with Crippen molar-refractivity contribution in [3.8, 4) is 5.00 Å². The van der Waals surface area contributed by atoms with Gasteiger partial charge in [0.1, 0.15) is 11.3 Å². The van der Waals surface area contributed by atoms with Gasteiger partial charge in [0.15, 0.2) is 0 Å². The lowest BCUT2D eigenvalue weighted by atomic mass is 9.95. The molecule has 0 fully saturated rings. The second kappa shape index (κ2) is 3.92. The number of carboxylic acids is 1. The molecule has 2 aromatic heterocycles. The Bertz CT molecular complexity index is 561. The Morgan fingerprint density at radius 2 is 2.24 bits per heavy atom. The van der Waals surface area contributed by atoms with E-state index in [0.29, 0.717) is 10.6 Å². The van der Waals surface area contributed by atoms with Crippen LogP contribution in [-0.2, 0) is 12.8 Å². The number of carbonyl (C=O) groups is 1. The highest BCUT2D eigenvalue weighted by molar-refractivity contribution is 7.15. The summed E-state index contributed by atoms with van der Waals surface area (Å²) in [6.45, 7) is 0. The lowest BCUT2D eigenvalue weighted by Gasteiger charge is -2.10. The van der Waals surface area contributed by atoms with Crippen molar-refractivity contribution in [2.75, 3.05) is 0 Å². The molecule has 0 saturated heterocycles. The van der Waals surface area contributed by atoms with E-state index in [1.807, 2.05) is 0 Å². The third kappa shape index (κ3) is 1.62. The number of fused-ring (bicyclic) bond motifs is 1. The highest BCUT2D eigenvalue weighted by Crippen LogP contribution is 2.36. The topological polar surface area (TPSA) is 80.9 Å². The highest BCUT2D eigenvalue weighted by Gasteiger charge is 2.26. The van der Waals surface area contributed by atoms with Crippen LogP contribution in [-0.4, -0.2) is 31.3 Å². The molecule has 2 aromatic rings. The van der Waals surface area contributed by atoms with Crippen LogP contribution in [0.3, 0.4) is 0 Å². The van der Waals surface area contributed by atoms with Crippen LogP contribution in [0.1, 0.15) is 33.6 Å².